The van der Waals surface area contributed by atoms with E-state index in [1.165, 1.54) is 32.5 Å². The number of ether oxygens (including phenoxy) is 1. The van der Waals surface area contributed by atoms with Crippen LogP contribution in [0, 0.1) is 17.8 Å². The molecule has 0 spiro atoms. The van der Waals surface area contributed by atoms with Crippen LogP contribution in [0.5, 0.6) is 0 Å². The molecule has 2 saturated heterocycles. The van der Waals surface area contributed by atoms with Gasteiger partial charge in [-0.15, -0.1) is 10.2 Å². The van der Waals surface area contributed by atoms with Gasteiger partial charge in [0.1, 0.15) is 5.82 Å². The first-order valence-corrected chi connectivity index (χ1v) is 11.1. The lowest BCUT2D eigenvalue weighted by molar-refractivity contribution is 0.0540. The Morgan fingerprint density at radius 3 is 2.67 bits per heavy atom. The fourth-order valence-corrected chi connectivity index (χ4v) is 5.24. The zero-order chi connectivity index (χ0) is 19.9. The summed E-state index contributed by atoms with van der Waals surface area (Å²) in [6.07, 6.45) is 4.27. The van der Waals surface area contributed by atoms with Crippen molar-refractivity contribution in [3.8, 4) is 11.3 Å². The van der Waals surface area contributed by atoms with Crippen molar-refractivity contribution in [3.63, 3.8) is 0 Å². The molecule has 1 N–H and O–H groups in total. The first-order valence-electron chi connectivity index (χ1n) is 11.1. The van der Waals surface area contributed by atoms with Crippen molar-refractivity contribution < 1.29 is 4.74 Å². The Bertz CT molecular complexity index is 1020. The molecule has 2 aromatic heterocycles. The van der Waals surface area contributed by atoms with Gasteiger partial charge in [0.25, 0.3) is 0 Å². The summed E-state index contributed by atoms with van der Waals surface area (Å²) in [5.74, 6) is 3.24. The molecule has 3 fully saturated rings. The second-order valence-corrected chi connectivity index (χ2v) is 8.99. The van der Waals surface area contributed by atoms with Crippen molar-refractivity contribution in [2.45, 2.75) is 18.9 Å². The van der Waals surface area contributed by atoms with Gasteiger partial charge in [0.15, 0.2) is 0 Å². The van der Waals surface area contributed by atoms with Crippen molar-refractivity contribution >= 4 is 16.7 Å². The van der Waals surface area contributed by atoms with E-state index < -0.39 is 0 Å². The van der Waals surface area contributed by atoms with E-state index in [1.54, 1.807) is 0 Å². The van der Waals surface area contributed by atoms with Crippen LogP contribution in [0.1, 0.15) is 12.8 Å². The SMILES string of the molecule is c1cnc2ccc(-c3ccc(NC4[C@H]5CN(CC6CCOCC6)C[C@@H]45)nn3)cc2c1. The number of rotatable bonds is 5. The van der Waals surface area contributed by atoms with Crippen LogP contribution in [0.2, 0.25) is 0 Å². The number of nitrogens with zero attached hydrogens (tertiary/aromatic N) is 4. The van der Waals surface area contributed by atoms with Gasteiger partial charge in [-0.25, -0.2) is 0 Å². The molecule has 6 nitrogen and oxygen atoms in total. The fourth-order valence-electron chi connectivity index (χ4n) is 5.24. The Hall–Kier alpha value is -2.57. The molecule has 0 radical (unpaired) electrons. The van der Waals surface area contributed by atoms with Gasteiger partial charge in [0.05, 0.1) is 11.2 Å². The molecule has 3 aromatic rings. The van der Waals surface area contributed by atoms with E-state index in [0.29, 0.717) is 6.04 Å². The van der Waals surface area contributed by atoms with Crippen molar-refractivity contribution in [1.29, 1.82) is 0 Å². The number of anilines is 1. The molecule has 6 rings (SSSR count). The van der Waals surface area contributed by atoms with Crippen molar-refractivity contribution in [3.05, 3.63) is 48.7 Å². The van der Waals surface area contributed by atoms with E-state index in [4.69, 9.17) is 4.74 Å². The van der Waals surface area contributed by atoms with Gasteiger partial charge in [0.2, 0.25) is 0 Å². The highest BCUT2D eigenvalue weighted by molar-refractivity contribution is 5.83. The Morgan fingerprint density at radius 2 is 1.87 bits per heavy atom. The lowest BCUT2D eigenvalue weighted by Crippen LogP contribution is -2.34. The number of pyridine rings is 1. The second kappa shape index (κ2) is 7.60. The lowest BCUT2D eigenvalue weighted by Gasteiger charge is -2.28. The lowest BCUT2D eigenvalue weighted by atomic mass is 10.00. The average Bonchev–Trinajstić information content (AvgIpc) is 3.23. The minimum atomic E-state index is 0.558. The molecule has 0 bridgehead atoms. The second-order valence-electron chi connectivity index (χ2n) is 8.99. The zero-order valence-corrected chi connectivity index (χ0v) is 17.1. The standard InChI is InChI=1S/C24H27N5O/c1-2-17-12-18(3-4-21(17)25-9-1)22-5-6-23(28-27-22)26-24-19-14-29(15-20(19)24)13-16-7-10-30-11-8-16/h1-6,9,12,16,19-20,24H,7-8,10-11,13-15H2,(H,26,28)/t19-,20+,24?. The summed E-state index contributed by atoms with van der Waals surface area (Å²) in [5.41, 5.74) is 2.96. The molecule has 2 aliphatic heterocycles. The molecule has 3 aliphatic rings. The monoisotopic (exact) mass is 401 g/mol. The van der Waals surface area contributed by atoms with Crippen LogP contribution in [0.15, 0.2) is 48.7 Å². The predicted octanol–water partition coefficient (Wildman–Crippen LogP) is 3.46. The average molecular weight is 402 g/mol. The molecular formula is C24H27N5O. The first kappa shape index (κ1) is 18.2. The van der Waals surface area contributed by atoms with Crippen molar-refractivity contribution in [2.75, 3.05) is 38.2 Å². The van der Waals surface area contributed by atoms with Gasteiger partial charge in [-0.05, 0) is 60.9 Å². The van der Waals surface area contributed by atoms with Crippen LogP contribution < -0.4 is 5.32 Å². The molecule has 1 unspecified atom stereocenters. The van der Waals surface area contributed by atoms with Crippen molar-refractivity contribution in [1.82, 2.24) is 20.1 Å². The van der Waals surface area contributed by atoms with Gasteiger partial charge in [-0.1, -0.05) is 12.1 Å². The Balaban J connectivity index is 1.05. The van der Waals surface area contributed by atoms with Crippen LogP contribution in [-0.2, 0) is 4.74 Å². The molecule has 1 aliphatic carbocycles. The molecular weight excluding hydrogens is 374 g/mol. The van der Waals surface area contributed by atoms with E-state index in [1.807, 2.05) is 18.3 Å². The molecule has 4 heterocycles. The summed E-state index contributed by atoms with van der Waals surface area (Å²) in [7, 11) is 0. The van der Waals surface area contributed by atoms with Gasteiger partial charge in [-0.3, -0.25) is 4.98 Å². The molecule has 6 heteroatoms. The van der Waals surface area contributed by atoms with Crippen LogP contribution in [-0.4, -0.2) is 59.0 Å². The zero-order valence-electron chi connectivity index (χ0n) is 17.1. The molecule has 1 aromatic carbocycles. The summed E-state index contributed by atoms with van der Waals surface area (Å²) in [4.78, 5) is 7.04. The van der Waals surface area contributed by atoms with Gasteiger partial charge in [-0.2, -0.15) is 0 Å². The van der Waals surface area contributed by atoms with E-state index in [9.17, 15) is 0 Å². The predicted molar refractivity (Wildman–Crippen MR) is 117 cm³/mol. The van der Waals surface area contributed by atoms with E-state index >= 15 is 0 Å². The van der Waals surface area contributed by atoms with Crippen LogP contribution in [0.25, 0.3) is 22.2 Å². The normalized spacial score (nSPS) is 26.6. The highest BCUT2D eigenvalue weighted by Gasteiger charge is 2.55. The van der Waals surface area contributed by atoms with Crippen LogP contribution in [0.4, 0.5) is 5.82 Å². The number of hydrogen-bond donors (Lipinski definition) is 1. The summed E-state index contributed by atoms with van der Waals surface area (Å²) >= 11 is 0. The number of fused-ring (bicyclic) bond motifs is 2. The molecule has 30 heavy (non-hydrogen) atoms. The minimum absolute atomic E-state index is 0.558. The quantitative estimate of drug-likeness (QED) is 0.706. The topological polar surface area (TPSA) is 63.2 Å². The van der Waals surface area contributed by atoms with Crippen molar-refractivity contribution in [2.24, 2.45) is 17.8 Å². The minimum Gasteiger partial charge on any atom is -0.381 e. The van der Waals surface area contributed by atoms with E-state index in [2.05, 4.69) is 55.7 Å². The van der Waals surface area contributed by atoms with Gasteiger partial charge in [0, 0.05) is 56.0 Å². The number of benzene rings is 1. The van der Waals surface area contributed by atoms with Crippen LogP contribution >= 0.6 is 0 Å². The highest BCUT2D eigenvalue weighted by atomic mass is 16.5. The Kier molecular flexibility index (Phi) is 4.61. The maximum Gasteiger partial charge on any atom is 0.148 e. The van der Waals surface area contributed by atoms with E-state index in [0.717, 1.165) is 58.9 Å². The molecule has 1 saturated carbocycles. The van der Waals surface area contributed by atoms with Gasteiger partial charge >= 0.3 is 0 Å². The third-order valence-corrected chi connectivity index (χ3v) is 7.00. The third-order valence-electron chi connectivity index (χ3n) is 7.00. The maximum absolute atomic E-state index is 5.49. The first-order chi connectivity index (χ1) is 14.8. The number of likely N-dealkylation sites (tertiary alicyclic amines) is 1. The largest absolute Gasteiger partial charge is 0.381 e. The molecule has 0 amide bonds. The number of piperidine rings is 1. The fraction of sp³-hybridized carbons (Fsp3) is 0.458. The Labute approximate surface area is 176 Å². The van der Waals surface area contributed by atoms with E-state index in [-0.39, 0.29) is 0 Å². The third kappa shape index (κ3) is 3.55. The summed E-state index contributed by atoms with van der Waals surface area (Å²) in [6, 6.07) is 14.9. The smallest absolute Gasteiger partial charge is 0.148 e. The number of hydrogen-bond acceptors (Lipinski definition) is 6. The maximum atomic E-state index is 5.49. The Morgan fingerprint density at radius 1 is 1.00 bits per heavy atom. The summed E-state index contributed by atoms with van der Waals surface area (Å²) in [5, 5.41) is 13.7. The number of nitrogens with one attached hydrogen (secondary N) is 1. The molecule has 154 valence electrons. The molecule has 3 atom stereocenters. The highest BCUT2D eigenvalue weighted by Crippen LogP contribution is 2.47. The van der Waals surface area contributed by atoms with Crippen LogP contribution in [0.3, 0.4) is 0 Å². The summed E-state index contributed by atoms with van der Waals surface area (Å²) < 4.78 is 5.49. The number of aromatic nitrogens is 3. The summed E-state index contributed by atoms with van der Waals surface area (Å²) in [6.45, 7) is 5.58. The van der Waals surface area contributed by atoms with Gasteiger partial charge < -0.3 is 15.0 Å².